The smallest absolute Gasteiger partial charge is 0.141 e. The van der Waals surface area contributed by atoms with E-state index in [1.54, 1.807) is 0 Å². The van der Waals surface area contributed by atoms with Gasteiger partial charge in [0.2, 0.25) is 0 Å². The van der Waals surface area contributed by atoms with Crippen molar-refractivity contribution in [3.63, 3.8) is 0 Å². The van der Waals surface area contributed by atoms with Crippen molar-refractivity contribution in [3.05, 3.63) is 34.9 Å². The molecule has 0 spiro atoms. The number of ketones is 1. The molecule has 1 aliphatic rings. The second-order valence-electron chi connectivity index (χ2n) is 5.28. The lowest BCUT2D eigenvalue weighted by Gasteiger charge is -2.14. The fraction of sp³-hybridized carbons (Fsp3) is 0.533. The van der Waals surface area contributed by atoms with Gasteiger partial charge >= 0.3 is 0 Å². The average molecular weight is 231 g/mol. The monoisotopic (exact) mass is 231 g/mol. The third kappa shape index (κ3) is 2.95. The van der Waals surface area contributed by atoms with E-state index in [0.717, 1.165) is 18.5 Å². The van der Waals surface area contributed by atoms with Crippen molar-refractivity contribution >= 4 is 5.78 Å². The zero-order chi connectivity index (χ0) is 12.4. The van der Waals surface area contributed by atoms with E-state index in [9.17, 15) is 4.79 Å². The minimum absolute atomic E-state index is 0.204. The first-order chi connectivity index (χ1) is 8.06. The van der Waals surface area contributed by atoms with Gasteiger partial charge in [0.15, 0.2) is 0 Å². The molecule has 1 aromatic carbocycles. The third-order valence-electron chi connectivity index (χ3n) is 3.60. The second-order valence-corrected chi connectivity index (χ2v) is 5.28. The Bertz CT molecular complexity index is 405. The Morgan fingerprint density at radius 2 is 1.94 bits per heavy atom. The number of Topliss-reactive ketones (excluding diaryl/α,β-unsaturated/α-hetero) is 1. The maximum absolute atomic E-state index is 12.2. The number of nitrogens with one attached hydrogen (secondary N) is 1. The summed E-state index contributed by atoms with van der Waals surface area (Å²) >= 11 is 0. The number of benzene rings is 1. The lowest BCUT2D eigenvalue weighted by molar-refractivity contribution is -0.122. The van der Waals surface area contributed by atoms with Crippen molar-refractivity contribution in [2.24, 2.45) is 5.92 Å². The number of hydrogen-bond donors (Lipinski definition) is 1. The van der Waals surface area contributed by atoms with Gasteiger partial charge in [-0.2, -0.15) is 0 Å². The zero-order valence-corrected chi connectivity index (χ0v) is 10.9. The van der Waals surface area contributed by atoms with Crippen LogP contribution in [-0.2, 0) is 11.2 Å². The van der Waals surface area contributed by atoms with Crippen molar-refractivity contribution in [1.82, 2.24) is 5.32 Å². The Hall–Kier alpha value is -1.15. The van der Waals surface area contributed by atoms with Gasteiger partial charge < -0.3 is 5.32 Å². The van der Waals surface area contributed by atoms with E-state index in [1.807, 2.05) is 0 Å². The highest BCUT2D eigenvalue weighted by Gasteiger charge is 2.28. The van der Waals surface area contributed by atoms with E-state index in [1.165, 1.54) is 11.1 Å². The molecule has 1 aromatic rings. The summed E-state index contributed by atoms with van der Waals surface area (Å²) in [6.07, 6.45) is 1.57. The van der Waals surface area contributed by atoms with E-state index in [2.05, 4.69) is 44.3 Å². The topological polar surface area (TPSA) is 29.1 Å². The highest BCUT2D eigenvalue weighted by atomic mass is 16.1. The summed E-state index contributed by atoms with van der Waals surface area (Å²) in [5.74, 6) is 0.586. The molecule has 2 atom stereocenters. The van der Waals surface area contributed by atoms with Crippen molar-refractivity contribution in [2.45, 2.75) is 39.7 Å². The Kier molecular flexibility index (Phi) is 3.63. The van der Waals surface area contributed by atoms with Gasteiger partial charge in [0.25, 0.3) is 0 Å². The highest BCUT2D eigenvalue weighted by Crippen LogP contribution is 2.19. The predicted octanol–water partition coefficient (Wildman–Crippen LogP) is 2.41. The maximum atomic E-state index is 12.2. The molecule has 0 aliphatic carbocycles. The molecule has 1 aliphatic heterocycles. The van der Waals surface area contributed by atoms with Crippen LogP contribution in [0.3, 0.4) is 0 Å². The van der Waals surface area contributed by atoms with Gasteiger partial charge in [-0.25, -0.2) is 0 Å². The minimum atomic E-state index is 0.204. The fourth-order valence-electron chi connectivity index (χ4n) is 2.80. The van der Waals surface area contributed by atoms with Crippen LogP contribution in [0.2, 0.25) is 0 Å². The standard InChI is InChI=1S/C15H21NO/c1-10-6-11(2)8-13(7-10)9-15(17)14-4-5-16-12(14)3/h6-8,12,14,16H,4-5,9H2,1-3H3. The normalized spacial score (nSPS) is 23.9. The van der Waals surface area contributed by atoms with Gasteiger partial charge in [-0.15, -0.1) is 0 Å². The Balaban J connectivity index is 2.07. The van der Waals surface area contributed by atoms with E-state index >= 15 is 0 Å². The van der Waals surface area contributed by atoms with Gasteiger partial charge in [-0.3, -0.25) is 4.79 Å². The molecule has 2 rings (SSSR count). The lowest BCUT2D eigenvalue weighted by Crippen LogP contribution is -2.29. The molecule has 0 saturated carbocycles. The molecule has 0 radical (unpaired) electrons. The van der Waals surface area contributed by atoms with Crippen LogP contribution in [-0.4, -0.2) is 18.4 Å². The van der Waals surface area contributed by atoms with Gasteiger partial charge in [0.05, 0.1) is 0 Å². The summed E-state index contributed by atoms with van der Waals surface area (Å²) in [7, 11) is 0. The molecule has 2 heteroatoms. The van der Waals surface area contributed by atoms with E-state index in [0.29, 0.717) is 18.2 Å². The first-order valence-electron chi connectivity index (χ1n) is 6.39. The van der Waals surface area contributed by atoms with Crippen molar-refractivity contribution < 1.29 is 4.79 Å². The summed E-state index contributed by atoms with van der Waals surface area (Å²) < 4.78 is 0. The van der Waals surface area contributed by atoms with Crippen LogP contribution < -0.4 is 5.32 Å². The number of carbonyl (C=O) groups excluding carboxylic acids is 1. The van der Waals surface area contributed by atoms with Crippen molar-refractivity contribution in [1.29, 1.82) is 0 Å². The predicted molar refractivity (Wildman–Crippen MR) is 70.2 cm³/mol. The molecular formula is C15H21NO. The fourth-order valence-corrected chi connectivity index (χ4v) is 2.80. The molecule has 2 nitrogen and oxygen atoms in total. The molecule has 0 aromatic heterocycles. The molecule has 1 saturated heterocycles. The van der Waals surface area contributed by atoms with Crippen molar-refractivity contribution in [2.75, 3.05) is 6.54 Å². The SMILES string of the molecule is Cc1cc(C)cc(CC(=O)C2CCNC2C)c1. The van der Waals surface area contributed by atoms with Crippen LogP contribution >= 0.6 is 0 Å². The summed E-state index contributed by atoms with van der Waals surface area (Å²) in [6.45, 7) is 7.25. The summed E-state index contributed by atoms with van der Waals surface area (Å²) in [6, 6.07) is 6.73. The number of aryl methyl sites for hydroxylation is 2. The van der Waals surface area contributed by atoms with Crippen LogP contribution in [0.4, 0.5) is 0 Å². The molecular weight excluding hydrogens is 210 g/mol. The van der Waals surface area contributed by atoms with E-state index < -0.39 is 0 Å². The van der Waals surface area contributed by atoms with Crippen LogP contribution in [0, 0.1) is 19.8 Å². The van der Waals surface area contributed by atoms with Gasteiger partial charge in [0.1, 0.15) is 5.78 Å². The molecule has 0 bridgehead atoms. The highest BCUT2D eigenvalue weighted by molar-refractivity contribution is 5.84. The van der Waals surface area contributed by atoms with Gasteiger partial charge in [-0.1, -0.05) is 29.3 Å². The summed E-state index contributed by atoms with van der Waals surface area (Å²) in [5.41, 5.74) is 3.64. The molecule has 1 N–H and O–H groups in total. The average Bonchev–Trinajstić information content (AvgIpc) is 2.62. The second kappa shape index (κ2) is 5.01. The summed E-state index contributed by atoms with van der Waals surface area (Å²) in [5, 5.41) is 3.34. The Labute approximate surface area is 103 Å². The minimum Gasteiger partial charge on any atom is -0.314 e. The lowest BCUT2D eigenvalue weighted by atomic mass is 9.91. The molecule has 17 heavy (non-hydrogen) atoms. The quantitative estimate of drug-likeness (QED) is 0.865. The zero-order valence-electron chi connectivity index (χ0n) is 10.9. The number of hydrogen-bond acceptors (Lipinski definition) is 2. The van der Waals surface area contributed by atoms with Crippen LogP contribution in [0.25, 0.3) is 0 Å². The van der Waals surface area contributed by atoms with E-state index in [4.69, 9.17) is 0 Å². The molecule has 1 fully saturated rings. The molecule has 0 amide bonds. The number of carbonyl (C=O) groups is 1. The third-order valence-corrected chi connectivity index (χ3v) is 3.60. The maximum Gasteiger partial charge on any atom is 0.141 e. The molecule has 2 unspecified atom stereocenters. The van der Waals surface area contributed by atoms with Crippen LogP contribution in [0.15, 0.2) is 18.2 Å². The van der Waals surface area contributed by atoms with Gasteiger partial charge in [0, 0.05) is 18.4 Å². The van der Waals surface area contributed by atoms with Gasteiger partial charge in [-0.05, 0) is 39.3 Å². The first kappa shape index (κ1) is 12.3. The first-order valence-corrected chi connectivity index (χ1v) is 6.39. The molecule has 1 heterocycles. The van der Waals surface area contributed by atoms with Crippen LogP contribution in [0.1, 0.15) is 30.0 Å². The van der Waals surface area contributed by atoms with Crippen LogP contribution in [0.5, 0.6) is 0 Å². The molecule has 92 valence electrons. The van der Waals surface area contributed by atoms with E-state index in [-0.39, 0.29) is 5.92 Å². The largest absolute Gasteiger partial charge is 0.314 e. The Morgan fingerprint density at radius 3 is 2.47 bits per heavy atom. The number of rotatable bonds is 3. The van der Waals surface area contributed by atoms with Crippen molar-refractivity contribution in [3.8, 4) is 0 Å². The summed E-state index contributed by atoms with van der Waals surface area (Å²) in [4.78, 5) is 12.2. The Morgan fingerprint density at radius 1 is 1.29 bits per heavy atom.